The lowest BCUT2D eigenvalue weighted by Gasteiger charge is -2.23. The summed E-state index contributed by atoms with van der Waals surface area (Å²) in [5.41, 5.74) is 0. The standard InChI is InChI=1S/C10H17NO3/c1-4-8(5-12)11-9(13)6(2)7(3)10(11)14/h6-8,12H,4-5H2,1-3H3/t6?,7?,8-/m0/s1. The van der Waals surface area contributed by atoms with E-state index in [0.29, 0.717) is 6.42 Å². The Morgan fingerprint density at radius 1 is 1.29 bits per heavy atom. The van der Waals surface area contributed by atoms with Crippen LogP contribution in [0.25, 0.3) is 0 Å². The number of likely N-dealkylation sites (tertiary alicyclic amines) is 1. The van der Waals surface area contributed by atoms with Crippen LogP contribution in [0.5, 0.6) is 0 Å². The van der Waals surface area contributed by atoms with Crippen LogP contribution >= 0.6 is 0 Å². The monoisotopic (exact) mass is 199 g/mol. The van der Waals surface area contributed by atoms with Crippen LogP contribution in [0.1, 0.15) is 27.2 Å². The van der Waals surface area contributed by atoms with Gasteiger partial charge in [-0.3, -0.25) is 14.5 Å². The van der Waals surface area contributed by atoms with Crippen molar-refractivity contribution in [2.45, 2.75) is 33.2 Å². The van der Waals surface area contributed by atoms with Gasteiger partial charge in [-0.05, 0) is 6.42 Å². The molecule has 0 bridgehead atoms. The first-order valence-electron chi connectivity index (χ1n) is 5.02. The summed E-state index contributed by atoms with van der Waals surface area (Å²) in [7, 11) is 0. The Balaban J connectivity index is 2.89. The number of carbonyl (C=O) groups is 2. The number of nitrogens with zero attached hydrogens (tertiary/aromatic N) is 1. The van der Waals surface area contributed by atoms with E-state index < -0.39 is 0 Å². The van der Waals surface area contributed by atoms with Gasteiger partial charge < -0.3 is 5.11 Å². The second-order valence-corrected chi connectivity index (χ2v) is 3.87. The van der Waals surface area contributed by atoms with E-state index in [2.05, 4.69) is 0 Å². The maximum atomic E-state index is 11.7. The highest BCUT2D eigenvalue weighted by molar-refractivity contribution is 6.05. The van der Waals surface area contributed by atoms with Crippen molar-refractivity contribution in [2.24, 2.45) is 11.8 Å². The molecule has 1 fully saturated rings. The van der Waals surface area contributed by atoms with Gasteiger partial charge >= 0.3 is 0 Å². The number of aliphatic hydroxyl groups is 1. The summed E-state index contributed by atoms with van der Waals surface area (Å²) in [6.45, 7) is 5.23. The molecule has 0 radical (unpaired) electrons. The predicted molar refractivity (Wildman–Crippen MR) is 51.3 cm³/mol. The zero-order valence-corrected chi connectivity index (χ0v) is 8.86. The average molecular weight is 199 g/mol. The van der Waals surface area contributed by atoms with Crippen molar-refractivity contribution in [3.63, 3.8) is 0 Å². The molecule has 1 aliphatic heterocycles. The SMILES string of the molecule is CC[C@@H](CO)N1C(=O)C(C)C(C)C1=O. The molecule has 1 saturated heterocycles. The van der Waals surface area contributed by atoms with Crippen molar-refractivity contribution < 1.29 is 14.7 Å². The van der Waals surface area contributed by atoms with E-state index in [9.17, 15) is 9.59 Å². The third-order valence-corrected chi connectivity index (χ3v) is 3.05. The van der Waals surface area contributed by atoms with E-state index >= 15 is 0 Å². The van der Waals surface area contributed by atoms with Crippen molar-refractivity contribution in [3.05, 3.63) is 0 Å². The molecule has 0 spiro atoms. The lowest BCUT2D eigenvalue weighted by molar-refractivity contribution is -0.143. The first-order valence-corrected chi connectivity index (χ1v) is 5.02. The average Bonchev–Trinajstić information content (AvgIpc) is 2.37. The largest absolute Gasteiger partial charge is 0.394 e. The van der Waals surface area contributed by atoms with Gasteiger partial charge in [-0.15, -0.1) is 0 Å². The van der Waals surface area contributed by atoms with E-state index in [1.54, 1.807) is 13.8 Å². The smallest absolute Gasteiger partial charge is 0.233 e. The van der Waals surface area contributed by atoms with Gasteiger partial charge in [0.2, 0.25) is 11.8 Å². The highest BCUT2D eigenvalue weighted by Crippen LogP contribution is 2.27. The second-order valence-electron chi connectivity index (χ2n) is 3.87. The van der Waals surface area contributed by atoms with Gasteiger partial charge in [-0.25, -0.2) is 0 Å². The van der Waals surface area contributed by atoms with Gasteiger partial charge in [-0.2, -0.15) is 0 Å². The Kier molecular flexibility index (Phi) is 3.26. The summed E-state index contributed by atoms with van der Waals surface area (Å²) in [4.78, 5) is 24.6. The third kappa shape index (κ3) is 1.54. The van der Waals surface area contributed by atoms with Gasteiger partial charge in [0.25, 0.3) is 0 Å². The molecular weight excluding hydrogens is 182 g/mol. The Bertz CT molecular complexity index is 228. The number of imide groups is 1. The number of hydrogen-bond donors (Lipinski definition) is 1. The van der Waals surface area contributed by atoms with Gasteiger partial charge in [0.05, 0.1) is 12.6 Å². The van der Waals surface area contributed by atoms with Crippen molar-refractivity contribution in [3.8, 4) is 0 Å². The third-order valence-electron chi connectivity index (χ3n) is 3.05. The topological polar surface area (TPSA) is 57.6 Å². The molecule has 2 amide bonds. The van der Waals surface area contributed by atoms with Crippen molar-refractivity contribution >= 4 is 11.8 Å². The molecule has 0 aromatic heterocycles. The lowest BCUT2D eigenvalue weighted by Crippen LogP contribution is -2.42. The lowest BCUT2D eigenvalue weighted by atomic mass is 10.00. The van der Waals surface area contributed by atoms with E-state index in [-0.39, 0.29) is 36.3 Å². The normalized spacial score (nSPS) is 29.9. The van der Waals surface area contributed by atoms with E-state index in [4.69, 9.17) is 5.11 Å². The van der Waals surface area contributed by atoms with Crippen molar-refractivity contribution in [1.82, 2.24) is 4.90 Å². The van der Waals surface area contributed by atoms with Crippen LogP contribution in [0, 0.1) is 11.8 Å². The molecule has 14 heavy (non-hydrogen) atoms. The molecule has 0 aromatic carbocycles. The molecular formula is C10H17NO3. The molecule has 80 valence electrons. The molecule has 1 heterocycles. The van der Waals surface area contributed by atoms with Crippen LogP contribution in [0.15, 0.2) is 0 Å². The quantitative estimate of drug-likeness (QED) is 0.669. The number of carbonyl (C=O) groups excluding carboxylic acids is 2. The van der Waals surface area contributed by atoms with Gasteiger partial charge in [0, 0.05) is 11.8 Å². The minimum Gasteiger partial charge on any atom is -0.394 e. The summed E-state index contributed by atoms with van der Waals surface area (Å²) in [5, 5.41) is 9.05. The van der Waals surface area contributed by atoms with Gasteiger partial charge in [-0.1, -0.05) is 20.8 Å². The molecule has 1 aliphatic rings. The molecule has 2 unspecified atom stereocenters. The minimum atomic E-state index is -0.345. The highest BCUT2D eigenvalue weighted by Gasteiger charge is 2.44. The fraction of sp³-hybridized carbons (Fsp3) is 0.800. The fourth-order valence-electron chi connectivity index (χ4n) is 1.73. The zero-order chi connectivity index (χ0) is 10.9. The molecule has 1 N–H and O–H groups in total. The number of aliphatic hydroxyl groups excluding tert-OH is 1. The minimum absolute atomic E-state index is 0.145. The zero-order valence-electron chi connectivity index (χ0n) is 8.86. The number of amides is 2. The Morgan fingerprint density at radius 3 is 2.00 bits per heavy atom. The molecule has 0 aliphatic carbocycles. The van der Waals surface area contributed by atoms with Crippen LogP contribution in [0.3, 0.4) is 0 Å². The first-order chi connectivity index (χ1) is 6.54. The van der Waals surface area contributed by atoms with Gasteiger partial charge in [0.1, 0.15) is 0 Å². The van der Waals surface area contributed by atoms with Crippen LogP contribution in [0.2, 0.25) is 0 Å². The van der Waals surface area contributed by atoms with Crippen LogP contribution in [-0.4, -0.2) is 34.5 Å². The van der Waals surface area contributed by atoms with Gasteiger partial charge in [0.15, 0.2) is 0 Å². The molecule has 4 nitrogen and oxygen atoms in total. The maximum Gasteiger partial charge on any atom is 0.233 e. The van der Waals surface area contributed by atoms with Crippen molar-refractivity contribution in [2.75, 3.05) is 6.61 Å². The molecule has 4 heteroatoms. The number of rotatable bonds is 3. The summed E-state index contributed by atoms with van der Waals surface area (Å²) >= 11 is 0. The number of hydrogen-bond acceptors (Lipinski definition) is 3. The first kappa shape index (κ1) is 11.2. The van der Waals surface area contributed by atoms with E-state index in [1.165, 1.54) is 4.90 Å². The van der Waals surface area contributed by atoms with Crippen LogP contribution < -0.4 is 0 Å². The molecule has 0 saturated carbocycles. The summed E-state index contributed by atoms with van der Waals surface area (Å²) < 4.78 is 0. The van der Waals surface area contributed by atoms with Crippen LogP contribution in [0.4, 0.5) is 0 Å². The maximum absolute atomic E-state index is 11.7. The van der Waals surface area contributed by atoms with E-state index in [0.717, 1.165) is 0 Å². The summed E-state index contributed by atoms with van der Waals surface area (Å²) in [5.74, 6) is -0.794. The molecule has 1 rings (SSSR count). The second kappa shape index (κ2) is 4.09. The highest BCUT2D eigenvalue weighted by atomic mass is 16.3. The summed E-state index contributed by atoms with van der Waals surface area (Å²) in [6, 6.07) is -0.345. The Morgan fingerprint density at radius 2 is 1.71 bits per heavy atom. The van der Waals surface area contributed by atoms with E-state index in [1.807, 2.05) is 6.92 Å². The van der Waals surface area contributed by atoms with Crippen LogP contribution in [-0.2, 0) is 9.59 Å². The van der Waals surface area contributed by atoms with Crippen molar-refractivity contribution in [1.29, 1.82) is 0 Å². The Hall–Kier alpha value is -0.900. The molecule has 3 atom stereocenters. The Labute approximate surface area is 83.9 Å². The predicted octanol–water partition coefficient (Wildman–Crippen LogP) is 0.398. The fourth-order valence-corrected chi connectivity index (χ4v) is 1.73. The molecule has 0 aromatic rings. The summed E-state index contributed by atoms with van der Waals surface area (Å²) in [6.07, 6.45) is 0.605.